The van der Waals surface area contributed by atoms with Crippen LogP contribution in [0.1, 0.15) is 46.5 Å². The minimum absolute atomic E-state index is 0.0396. The van der Waals surface area contributed by atoms with E-state index in [0.29, 0.717) is 25.9 Å². The zero-order chi connectivity index (χ0) is 18.9. The quantitative estimate of drug-likeness (QED) is 0.561. The molecule has 0 N–H and O–H groups in total. The predicted molar refractivity (Wildman–Crippen MR) is 89.3 cm³/mol. The molecule has 6 heteroatoms. The topological polar surface area (TPSA) is 100 Å². The van der Waals surface area contributed by atoms with Gasteiger partial charge in [0, 0.05) is 13.3 Å². The molecular weight excluding hydrogens is 320 g/mol. The Balaban J connectivity index is 2.79. The average molecular weight is 344 g/mol. The molecule has 6 nitrogen and oxygen atoms in total. The highest BCUT2D eigenvalue weighted by Crippen LogP contribution is 2.45. The van der Waals surface area contributed by atoms with Crippen molar-refractivity contribution in [2.24, 2.45) is 23.2 Å². The van der Waals surface area contributed by atoms with Crippen LogP contribution in [0.15, 0.2) is 0 Å². The lowest BCUT2D eigenvalue weighted by Crippen LogP contribution is -2.38. The van der Waals surface area contributed by atoms with E-state index < -0.39 is 11.4 Å². The lowest BCUT2D eigenvalue weighted by Gasteiger charge is -2.38. The normalized spacial score (nSPS) is 22.5. The third-order valence-corrected chi connectivity index (χ3v) is 4.66. The Morgan fingerprint density at radius 1 is 1.16 bits per heavy atom. The summed E-state index contributed by atoms with van der Waals surface area (Å²) in [6, 6.07) is 4.29. The summed E-state index contributed by atoms with van der Waals surface area (Å²) >= 11 is 0. The fraction of sp³-hybridized carbons (Fsp3) is 0.684. The van der Waals surface area contributed by atoms with Crippen molar-refractivity contribution in [1.82, 2.24) is 0 Å². The van der Waals surface area contributed by atoms with Crippen molar-refractivity contribution < 1.29 is 19.1 Å². The average Bonchev–Trinajstić information content (AvgIpc) is 2.59. The lowest BCUT2D eigenvalue weighted by molar-refractivity contribution is -0.150. The van der Waals surface area contributed by atoms with Crippen molar-refractivity contribution in [1.29, 1.82) is 10.5 Å². The molecule has 134 valence electrons. The van der Waals surface area contributed by atoms with Crippen molar-refractivity contribution in [3.05, 3.63) is 0 Å². The highest BCUT2D eigenvalue weighted by Gasteiger charge is 2.45. The predicted octanol–water partition coefficient (Wildman–Crippen LogP) is 2.59. The lowest BCUT2D eigenvalue weighted by atomic mass is 9.62. The number of ether oxygens (including phenoxy) is 2. The Hall–Kier alpha value is -2.52. The summed E-state index contributed by atoms with van der Waals surface area (Å²) in [7, 11) is 0. The standard InChI is InChI=1S/C19H24N2O4/c1-4-24-18(23)16-7-8-17(14(2)11-16)19(12-20,13-21)9-5-6-10-25-15(3)22/h14,16-17H,4,7-11H2,1-3H3/t14-,16+,17+/m1/s1. The summed E-state index contributed by atoms with van der Waals surface area (Å²) in [5.41, 5.74) is -1.22. The van der Waals surface area contributed by atoms with Crippen molar-refractivity contribution in [2.45, 2.75) is 46.5 Å². The van der Waals surface area contributed by atoms with Crippen molar-refractivity contribution >= 4 is 11.9 Å². The molecule has 1 saturated carbocycles. The molecule has 0 radical (unpaired) electrons. The number of nitriles is 2. The summed E-state index contributed by atoms with van der Waals surface area (Å²) in [6.07, 6.45) is 1.92. The molecule has 0 heterocycles. The maximum absolute atomic E-state index is 11.9. The van der Waals surface area contributed by atoms with Crippen LogP contribution in [-0.4, -0.2) is 25.2 Å². The molecule has 0 unspecified atom stereocenters. The van der Waals surface area contributed by atoms with Gasteiger partial charge in [-0.05, 0) is 38.0 Å². The van der Waals surface area contributed by atoms with E-state index in [-0.39, 0.29) is 36.8 Å². The van der Waals surface area contributed by atoms with Gasteiger partial charge in [0.15, 0.2) is 12.0 Å². The first-order valence-electron chi connectivity index (χ1n) is 8.48. The first kappa shape index (κ1) is 20.5. The Morgan fingerprint density at radius 2 is 1.84 bits per heavy atom. The zero-order valence-electron chi connectivity index (χ0n) is 15.0. The summed E-state index contributed by atoms with van der Waals surface area (Å²) in [4.78, 5) is 22.6. The molecule has 0 bridgehead atoms. The second-order valence-electron chi connectivity index (χ2n) is 6.35. The molecule has 1 rings (SSSR count). The molecule has 25 heavy (non-hydrogen) atoms. The van der Waals surface area contributed by atoms with Gasteiger partial charge in [-0.25, -0.2) is 0 Å². The highest BCUT2D eigenvalue weighted by atomic mass is 16.5. The fourth-order valence-electron chi connectivity index (χ4n) is 3.39. The number of carbonyl (C=O) groups is 2. The largest absolute Gasteiger partial charge is 0.466 e. The second-order valence-corrected chi connectivity index (χ2v) is 6.35. The molecule has 1 aliphatic rings. The van der Waals surface area contributed by atoms with Gasteiger partial charge in [-0.1, -0.05) is 18.8 Å². The van der Waals surface area contributed by atoms with E-state index in [9.17, 15) is 20.1 Å². The van der Waals surface area contributed by atoms with Gasteiger partial charge in [0.2, 0.25) is 0 Å². The van der Waals surface area contributed by atoms with E-state index in [0.717, 1.165) is 0 Å². The Kier molecular flexibility index (Phi) is 7.96. The maximum Gasteiger partial charge on any atom is 0.308 e. The summed E-state index contributed by atoms with van der Waals surface area (Å²) in [5, 5.41) is 19.3. The molecule has 0 aromatic heterocycles. The highest BCUT2D eigenvalue weighted by molar-refractivity contribution is 5.72. The molecule has 0 saturated heterocycles. The fourth-order valence-corrected chi connectivity index (χ4v) is 3.39. The molecule has 0 aromatic carbocycles. The third-order valence-electron chi connectivity index (χ3n) is 4.66. The van der Waals surface area contributed by atoms with Crippen LogP contribution in [0.5, 0.6) is 0 Å². The monoisotopic (exact) mass is 344 g/mol. The number of rotatable bonds is 5. The van der Waals surface area contributed by atoms with Crippen LogP contribution in [0.25, 0.3) is 0 Å². The van der Waals surface area contributed by atoms with E-state index in [1.54, 1.807) is 6.92 Å². The summed E-state index contributed by atoms with van der Waals surface area (Å²) in [5.74, 6) is 4.55. The number of carbonyl (C=O) groups excluding carboxylic acids is 2. The Bertz CT molecular complexity index is 619. The van der Waals surface area contributed by atoms with E-state index in [2.05, 4.69) is 24.0 Å². The van der Waals surface area contributed by atoms with Gasteiger partial charge in [0.25, 0.3) is 0 Å². The molecule has 3 atom stereocenters. The summed E-state index contributed by atoms with van der Waals surface area (Å²) < 4.78 is 9.81. The molecular formula is C19H24N2O4. The number of hydrogen-bond donors (Lipinski definition) is 0. The smallest absolute Gasteiger partial charge is 0.308 e. The van der Waals surface area contributed by atoms with E-state index >= 15 is 0 Å². The van der Waals surface area contributed by atoms with Gasteiger partial charge in [0.1, 0.15) is 0 Å². The van der Waals surface area contributed by atoms with Gasteiger partial charge in [-0.3, -0.25) is 9.59 Å². The van der Waals surface area contributed by atoms with E-state index in [4.69, 9.17) is 9.47 Å². The van der Waals surface area contributed by atoms with Crippen LogP contribution in [0, 0.1) is 57.7 Å². The van der Waals surface area contributed by atoms with Crippen LogP contribution in [0.2, 0.25) is 0 Å². The number of esters is 2. The SMILES string of the molecule is CCOC(=O)[C@H]1CC[C@H](C(C#N)(C#N)CC#CCOC(C)=O)[C@H](C)C1. The van der Waals surface area contributed by atoms with E-state index in [1.807, 2.05) is 6.92 Å². The third kappa shape index (κ3) is 5.50. The summed E-state index contributed by atoms with van der Waals surface area (Å²) in [6.45, 7) is 5.34. The molecule has 1 fully saturated rings. The van der Waals surface area contributed by atoms with E-state index in [1.165, 1.54) is 6.92 Å². The number of nitrogens with zero attached hydrogens (tertiary/aromatic N) is 2. The van der Waals surface area contributed by atoms with Gasteiger partial charge in [-0.15, -0.1) is 0 Å². The molecule has 0 spiro atoms. The first-order chi connectivity index (χ1) is 11.9. The van der Waals surface area contributed by atoms with Gasteiger partial charge in [0.05, 0.1) is 24.7 Å². The van der Waals surface area contributed by atoms with Gasteiger partial charge in [-0.2, -0.15) is 10.5 Å². The van der Waals surface area contributed by atoms with Crippen LogP contribution in [0.3, 0.4) is 0 Å². The van der Waals surface area contributed by atoms with Crippen LogP contribution in [-0.2, 0) is 19.1 Å². The van der Waals surface area contributed by atoms with Crippen molar-refractivity contribution in [2.75, 3.05) is 13.2 Å². The van der Waals surface area contributed by atoms with Crippen molar-refractivity contribution in [3.63, 3.8) is 0 Å². The minimum Gasteiger partial charge on any atom is -0.466 e. The van der Waals surface area contributed by atoms with Gasteiger partial charge < -0.3 is 9.47 Å². The Labute approximate surface area is 149 Å². The van der Waals surface area contributed by atoms with Gasteiger partial charge >= 0.3 is 11.9 Å². The van der Waals surface area contributed by atoms with Crippen molar-refractivity contribution in [3.8, 4) is 24.0 Å². The molecule has 0 aliphatic heterocycles. The maximum atomic E-state index is 11.9. The van der Waals surface area contributed by atoms with Crippen LogP contribution >= 0.6 is 0 Å². The first-order valence-corrected chi connectivity index (χ1v) is 8.48. The molecule has 0 amide bonds. The molecule has 0 aromatic rings. The number of hydrogen-bond acceptors (Lipinski definition) is 6. The van der Waals surface area contributed by atoms with Crippen LogP contribution in [0.4, 0.5) is 0 Å². The Morgan fingerprint density at radius 3 is 2.36 bits per heavy atom. The molecule has 1 aliphatic carbocycles. The second kappa shape index (κ2) is 9.70. The minimum atomic E-state index is -1.22. The van der Waals surface area contributed by atoms with Crippen LogP contribution < -0.4 is 0 Å². The zero-order valence-corrected chi connectivity index (χ0v) is 15.0.